The zero-order valence-corrected chi connectivity index (χ0v) is 16.4. The summed E-state index contributed by atoms with van der Waals surface area (Å²) in [4.78, 5) is 16.6. The van der Waals surface area contributed by atoms with Crippen LogP contribution in [0.4, 0.5) is 17.6 Å². The fraction of sp³-hybridized carbons (Fsp3) is 0.286. The van der Waals surface area contributed by atoms with Gasteiger partial charge in [-0.25, -0.2) is 9.37 Å². The molecule has 1 aliphatic rings. The molecule has 0 atom stereocenters. The predicted molar refractivity (Wildman–Crippen MR) is 100 cm³/mol. The van der Waals surface area contributed by atoms with Crippen LogP contribution in [0.5, 0.6) is 5.88 Å². The Morgan fingerprint density at radius 2 is 1.94 bits per heavy atom. The summed E-state index contributed by atoms with van der Waals surface area (Å²) in [5.41, 5.74) is 3.00. The molecule has 10 heteroatoms. The smallest absolute Gasteiger partial charge is 0.471 e. The summed E-state index contributed by atoms with van der Waals surface area (Å²) >= 11 is 0. The number of rotatable bonds is 4. The van der Waals surface area contributed by atoms with Gasteiger partial charge in [0.05, 0.1) is 11.3 Å². The lowest BCUT2D eigenvalue weighted by Gasteiger charge is -2.28. The highest BCUT2D eigenvalue weighted by atomic mass is 19.4. The van der Waals surface area contributed by atoms with Gasteiger partial charge >= 0.3 is 12.1 Å². The number of ether oxygens (including phenoxy) is 1. The molecule has 0 N–H and O–H groups in total. The maximum atomic E-state index is 13.2. The molecule has 1 aromatic carbocycles. The first kappa shape index (κ1) is 20.8. The minimum atomic E-state index is -4.90. The van der Waals surface area contributed by atoms with Crippen molar-refractivity contribution in [3.8, 4) is 17.1 Å². The maximum absolute atomic E-state index is 13.2. The SMILES string of the molecule is Cc1onc(-c2ccc(F)cc2)c1COc1ccc2c(n1)CCN(C(=O)C(F)(F)F)C2. The van der Waals surface area contributed by atoms with Gasteiger partial charge in [0.2, 0.25) is 5.88 Å². The standard InChI is InChI=1S/C21H17F4N3O3/c1-12-16(19(27-31-12)13-2-5-15(22)6-3-13)11-30-18-7-4-14-10-28(9-8-17(14)26-18)20(29)21(23,24)25/h2-7H,8-11H2,1H3. The molecule has 162 valence electrons. The summed E-state index contributed by atoms with van der Waals surface area (Å²) in [7, 11) is 0. The zero-order valence-electron chi connectivity index (χ0n) is 16.4. The first-order valence-corrected chi connectivity index (χ1v) is 9.41. The van der Waals surface area contributed by atoms with E-state index in [9.17, 15) is 22.4 Å². The number of pyridine rings is 1. The van der Waals surface area contributed by atoms with Crippen LogP contribution >= 0.6 is 0 Å². The molecular weight excluding hydrogens is 418 g/mol. The van der Waals surface area contributed by atoms with Crippen LogP contribution in [0.2, 0.25) is 0 Å². The van der Waals surface area contributed by atoms with Gasteiger partial charge in [0.25, 0.3) is 0 Å². The van der Waals surface area contributed by atoms with Crippen LogP contribution in [0.3, 0.4) is 0 Å². The van der Waals surface area contributed by atoms with Crippen molar-refractivity contribution in [1.29, 1.82) is 0 Å². The third-order valence-electron chi connectivity index (χ3n) is 5.02. The summed E-state index contributed by atoms with van der Waals surface area (Å²) in [6, 6.07) is 8.96. The lowest BCUT2D eigenvalue weighted by molar-refractivity contribution is -0.186. The van der Waals surface area contributed by atoms with Crippen LogP contribution in [-0.2, 0) is 24.4 Å². The summed E-state index contributed by atoms with van der Waals surface area (Å²) in [6.45, 7) is 1.60. The highest BCUT2D eigenvalue weighted by molar-refractivity contribution is 5.82. The van der Waals surface area contributed by atoms with Crippen molar-refractivity contribution in [2.75, 3.05) is 6.54 Å². The molecule has 3 aromatic rings. The normalized spacial score (nSPS) is 13.8. The Morgan fingerprint density at radius 1 is 1.19 bits per heavy atom. The second-order valence-corrected chi connectivity index (χ2v) is 7.09. The summed E-state index contributed by atoms with van der Waals surface area (Å²) in [5, 5.41) is 4.02. The third-order valence-corrected chi connectivity index (χ3v) is 5.02. The number of hydrogen-bond acceptors (Lipinski definition) is 5. The van der Waals surface area contributed by atoms with Crippen molar-refractivity contribution in [2.45, 2.75) is 32.7 Å². The van der Waals surface area contributed by atoms with Crippen LogP contribution in [0.1, 0.15) is 22.6 Å². The van der Waals surface area contributed by atoms with Gasteiger partial charge in [0.15, 0.2) is 0 Å². The average molecular weight is 435 g/mol. The molecule has 1 aliphatic heterocycles. The topological polar surface area (TPSA) is 68.5 Å². The summed E-state index contributed by atoms with van der Waals surface area (Å²) < 4.78 is 62.2. The number of hydrogen-bond donors (Lipinski definition) is 0. The van der Waals surface area contributed by atoms with E-state index in [4.69, 9.17) is 9.26 Å². The molecule has 0 radical (unpaired) electrons. The Bertz CT molecular complexity index is 1110. The number of halogens is 4. The van der Waals surface area contributed by atoms with Crippen molar-refractivity contribution in [3.05, 3.63) is 64.8 Å². The molecule has 0 saturated heterocycles. The van der Waals surface area contributed by atoms with Gasteiger partial charge in [-0.15, -0.1) is 0 Å². The van der Waals surface area contributed by atoms with Gasteiger partial charge in [-0.05, 0) is 36.8 Å². The molecule has 31 heavy (non-hydrogen) atoms. The number of carbonyl (C=O) groups is 1. The van der Waals surface area contributed by atoms with E-state index in [1.807, 2.05) is 0 Å². The quantitative estimate of drug-likeness (QED) is 0.575. The second kappa shape index (κ2) is 8.01. The number of carbonyl (C=O) groups excluding carboxylic acids is 1. The first-order chi connectivity index (χ1) is 14.7. The Balaban J connectivity index is 1.47. The molecular formula is C21H17F4N3O3. The van der Waals surface area contributed by atoms with E-state index in [0.29, 0.717) is 39.7 Å². The van der Waals surface area contributed by atoms with Gasteiger partial charge in [-0.1, -0.05) is 11.2 Å². The highest BCUT2D eigenvalue weighted by Crippen LogP contribution is 2.28. The average Bonchev–Trinajstić information content (AvgIpc) is 3.11. The largest absolute Gasteiger partial charge is 0.473 e. The highest BCUT2D eigenvalue weighted by Gasteiger charge is 2.43. The van der Waals surface area contributed by atoms with Crippen molar-refractivity contribution in [3.63, 3.8) is 0 Å². The fourth-order valence-corrected chi connectivity index (χ4v) is 3.37. The number of alkyl halides is 3. The van der Waals surface area contributed by atoms with Gasteiger partial charge < -0.3 is 14.2 Å². The van der Waals surface area contributed by atoms with E-state index in [1.165, 1.54) is 12.1 Å². The molecule has 6 nitrogen and oxygen atoms in total. The van der Waals surface area contributed by atoms with E-state index in [-0.39, 0.29) is 31.9 Å². The number of amides is 1. The fourth-order valence-electron chi connectivity index (χ4n) is 3.37. The Kier molecular flexibility index (Phi) is 5.38. The van der Waals surface area contributed by atoms with Crippen LogP contribution in [0, 0.1) is 12.7 Å². The van der Waals surface area contributed by atoms with Crippen LogP contribution in [0.15, 0.2) is 40.9 Å². The number of aromatic nitrogens is 2. The molecule has 0 bridgehead atoms. The molecule has 0 unspecified atom stereocenters. The van der Waals surface area contributed by atoms with Crippen LogP contribution in [-0.4, -0.2) is 33.7 Å². The minimum absolute atomic E-state index is 0.0682. The number of nitrogens with zero attached hydrogens (tertiary/aromatic N) is 3. The van der Waals surface area contributed by atoms with Crippen LogP contribution < -0.4 is 4.74 Å². The number of fused-ring (bicyclic) bond motifs is 1. The first-order valence-electron chi connectivity index (χ1n) is 9.41. The molecule has 0 fully saturated rings. The zero-order chi connectivity index (χ0) is 22.2. The molecule has 3 heterocycles. The van der Waals surface area contributed by atoms with Crippen molar-refractivity contribution in [2.24, 2.45) is 0 Å². The van der Waals surface area contributed by atoms with Crippen molar-refractivity contribution < 1.29 is 31.6 Å². The molecule has 2 aromatic heterocycles. The molecule has 0 saturated carbocycles. The van der Waals surface area contributed by atoms with E-state index >= 15 is 0 Å². The van der Waals surface area contributed by atoms with E-state index in [2.05, 4.69) is 10.1 Å². The van der Waals surface area contributed by atoms with Gasteiger partial charge in [-0.3, -0.25) is 4.79 Å². The Morgan fingerprint density at radius 3 is 2.65 bits per heavy atom. The van der Waals surface area contributed by atoms with Gasteiger partial charge in [0, 0.05) is 31.1 Å². The lowest BCUT2D eigenvalue weighted by atomic mass is 10.1. The molecule has 0 spiro atoms. The Labute approximate surface area is 174 Å². The number of benzene rings is 1. The maximum Gasteiger partial charge on any atom is 0.471 e. The van der Waals surface area contributed by atoms with E-state index in [0.717, 1.165) is 4.90 Å². The molecule has 4 rings (SSSR count). The van der Waals surface area contributed by atoms with Crippen LogP contribution in [0.25, 0.3) is 11.3 Å². The van der Waals surface area contributed by atoms with Gasteiger partial charge in [0.1, 0.15) is 23.9 Å². The predicted octanol–water partition coefficient (Wildman–Crippen LogP) is 4.21. The second-order valence-electron chi connectivity index (χ2n) is 7.09. The lowest BCUT2D eigenvalue weighted by Crippen LogP contribution is -2.43. The number of aryl methyl sites for hydroxylation is 1. The molecule has 0 aliphatic carbocycles. The van der Waals surface area contributed by atoms with Gasteiger partial charge in [-0.2, -0.15) is 13.2 Å². The van der Waals surface area contributed by atoms with Crippen molar-refractivity contribution >= 4 is 5.91 Å². The minimum Gasteiger partial charge on any atom is -0.473 e. The summed E-state index contributed by atoms with van der Waals surface area (Å²) in [6.07, 6.45) is -4.70. The monoisotopic (exact) mass is 435 g/mol. The Hall–Kier alpha value is -3.43. The third kappa shape index (κ3) is 4.37. The molecule has 1 amide bonds. The van der Waals surface area contributed by atoms with E-state index in [1.54, 1.807) is 31.2 Å². The van der Waals surface area contributed by atoms with Crippen molar-refractivity contribution in [1.82, 2.24) is 15.0 Å². The van der Waals surface area contributed by atoms with E-state index < -0.39 is 12.1 Å². The summed E-state index contributed by atoms with van der Waals surface area (Å²) in [5.74, 6) is -1.39.